The summed E-state index contributed by atoms with van der Waals surface area (Å²) in [6.07, 6.45) is 2.61. The van der Waals surface area contributed by atoms with Crippen molar-refractivity contribution in [3.63, 3.8) is 0 Å². The average Bonchev–Trinajstić information content (AvgIpc) is 2.82. The number of aryl methyl sites for hydroxylation is 1. The molecule has 0 unspecified atom stereocenters. The monoisotopic (exact) mass is 532 g/mol. The second-order valence-corrected chi connectivity index (χ2v) is 8.50. The molecular formula is C25H29BrN2O6. The van der Waals surface area contributed by atoms with Crippen molar-refractivity contribution in [2.45, 2.75) is 46.0 Å². The lowest BCUT2D eigenvalue weighted by Crippen LogP contribution is -2.21. The maximum atomic E-state index is 12.1. The number of benzene rings is 2. The zero-order valence-corrected chi connectivity index (χ0v) is 20.9. The predicted octanol–water partition coefficient (Wildman–Crippen LogP) is 5.01. The van der Waals surface area contributed by atoms with Gasteiger partial charge < -0.3 is 20.1 Å². The molecule has 0 aliphatic rings. The molecule has 0 heterocycles. The molecule has 0 saturated carbocycles. The third-order valence-corrected chi connectivity index (χ3v) is 5.64. The molecule has 2 amide bonds. The van der Waals surface area contributed by atoms with Crippen LogP contribution < -0.4 is 10.6 Å². The number of nitrogens with one attached hydrogen (secondary N) is 2. The van der Waals surface area contributed by atoms with E-state index in [2.05, 4.69) is 33.5 Å². The molecule has 2 aromatic rings. The SMILES string of the molecule is CCCCCOC(=O)c1ccc(NC(=O)CCC(=O)OCC(=O)Nc2ccc(Br)c(C)c2)cc1. The van der Waals surface area contributed by atoms with Gasteiger partial charge in [-0.2, -0.15) is 0 Å². The largest absolute Gasteiger partial charge is 0.462 e. The topological polar surface area (TPSA) is 111 Å². The molecule has 0 aliphatic carbocycles. The van der Waals surface area contributed by atoms with Gasteiger partial charge in [-0.3, -0.25) is 14.4 Å². The lowest BCUT2D eigenvalue weighted by atomic mass is 10.2. The number of unbranched alkanes of at least 4 members (excludes halogenated alkanes) is 2. The van der Waals surface area contributed by atoms with Crippen molar-refractivity contribution in [2.24, 2.45) is 0 Å². The van der Waals surface area contributed by atoms with Gasteiger partial charge in [0.25, 0.3) is 5.91 Å². The van der Waals surface area contributed by atoms with Crippen LogP contribution in [0.4, 0.5) is 11.4 Å². The fourth-order valence-electron chi connectivity index (χ4n) is 2.87. The fraction of sp³-hybridized carbons (Fsp3) is 0.360. The summed E-state index contributed by atoms with van der Waals surface area (Å²) in [6.45, 7) is 3.91. The van der Waals surface area contributed by atoms with E-state index in [1.165, 1.54) is 0 Å². The van der Waals surface area contributed by atoms with Gasteiger partial charge in [0.15, 0.2) is 6.61 Å². The van der Waals surface area contributed by atoms with Gasteiger partial charge in [-0.05, 0) is 61.4 Å². The minimum absolute atomic E-state index is 0.104. The van der Waals surface area contributed by atoms with E-state index in [-0.39, 0.29) is 18.7 Å². The summed E-state index contributed by atoms with van der Waals surface area (Å²) in [5, 5.41) is 5.29. The lowest BCUT2D eigenvalue weighted by molar-refractivity contribution is -0.147. The van der Waals surface area contributed by atoms with Gasteiger partial charge in [-0.15, -0.1) is 0 Å². The summed E-state index contributed by atoms with van der Waals surface area (Å²) in [5.74, 6) is -1.92. The van der Waals surface area contributed by atoms with Crippen LogP contribution in [0.15, 0.2) is 46.9 Å². The van der Waals surface area contributed by atoms with Crippen molar-refractivity contribution >= 4 is 51.1 Å². The quantitative estimate of drug-likeness (QED) is 0.293. The normalized spacial score (nSPS) is 10.3. The maximum Gasteiger partial charge on any atom is 0.338 e. The first-order valence-corrected chi connectivity index (χ1v) is 11.9. The maximum absolute atomic E-state index is 12.1. The Labute approximate surface area is 207 Å². The van der Waals surface area contributed by atoms with E-state index in [1.54, 1.807) is 36.4 Å². The molecule has 2 N–H and O–H groups in total. The Morgan fingerprint density at radius 2 is 1.53 bits per heavy atom. The number of hydrogen-bond donors (Lipinski definition) is 2. The molecule has 0 atom stereocenters. The Balaban J connectivity index is 1.67. The Morgan fingerprint density at radius 3 is 2.21 bits per heavy atom. The van der Waals surface area contributed by atoms with Gasteiger partial charge in [0.1, 0.15) is 0 Å². The highest BCUT2D eigenvalue weighted by atomic mass is 79.9. The van der Waals surface area contributed by atoms with Gasteiger partial charge in [0.2, 0.25) is 5.91 Å². The van der Waals surface area contributed by atoms with Crippen LogP contribution in [-0.2, 0) is 23.9 Å². The van der Waals surface area contributed by atoms with Crippen molar-refractivity contribution in [1.82, 2.24) is 0 Å². The van der Waals surface area contributed by atoms with Crippen molar-refractivity contribution in [3.8, 4) is 0 Å². The van der Waals surface area contributed by atoms with Gasteiger partial charge in [-0.25, -0.2) is 4.79 Å². The molecular weight excluding hydrogens is 504 g/mol. The number of carbonyl (C=O) groups is 4. The Kier molecular flexibility index (Phi) is 11.3. The average molecular weight is 533 g/mol. The summed E-state index contributed by atoms with van der Waals surface area (Å²) in [5.41, 5.74) is 2.44. The highest BCUT2D eigenvalue weighted by molar-refractivity contribution is 9.10. The van der Waals surface area contributed by atoms with Gasteiger partial charge in [-0.1, -0.05) is 35.7 Å². The van der Waals surface area contributed by atoms with Crippen LogP contribution in [0.5, 0.6) is 0 Å². The molecule has 0 spiro atoms. The lowest BCUT2D eigenvalue weighted by Gasteiger charge is -2.09. The Hall–Kier alpha value is -3.20. The summed E-state index contributed by atoms with van der Waals surface area (Å²) in [6, 6.07) is 11.6. The smallest absolute Gasteiger partial charge is 0.338 e. The van der Waals surface area contributed by atoms with E-state index < -0.39 is 24.5 Å². The minimum atomic E-state index is -0.654. The third kappa shape index (κ3) is 9.74. The van der Waals surface area contributed by atoms with E-state index in [4.69, 9.17) is 9.47 Å². The first kappa shape index (κ1) is 27.0. The summed E-state index contributed by atoms with van der Waals surface area (Å²) >= 11 is 3.38. The van der Waals surface area contributed by atoms with Crippen LogP contribution in [-0.4, -0.2) is 37.0 Å². The highest BCUT2D eigenvalue weighted by Crippen LogP contribution is 2.20. The van der Waals surface area contributed by atoms with Crippen LogP contribution in [0.25, 0.3) is 0 Å². The van der Waals surface area contributed by atoms with E-state index in [0.717, 1.165) is 29.3 Å². The Bertz CT molecular complexity index is 1010. The number of esters is 2. The molecule has 0 aliphatic heterocycles. The van der Waals surface area contributed by atoms with E-state index >= 15 is 0 Å². The van der Waals surface area contributed by atoms with Gasteiger partial charge in [0, 0.05) is 22.3 Å². The van der Waals surface area contributed by atoms with E-state index in [9.17, 15) is 19.2 Å². The van der Waals surface area contributed by atoms with Crippen LogP contribution in [0.1, 0.15) is 54.9 Å². The number of carbonyl (C=O) groups excluding carboxylic acids is 4. The number of anilines is 2. The first-order chi connectivity index (χ1) is 16.3. The summed E-state index contributed by atoms with van der Waals surface area (Å²) in [4.78, 5) is 47.9. The molecule has 0 saturated heterocycles. The first-order valence-electron chi connectivity index (χ1n) is 11.1. The zero-order chi connectivity index (χ0) is 24.9. The Morgan fingerprint density at radius 1 is 0.853 bits per heavy atom. The number of amides is 2. The van der Waals surface area contributed by atoms with Crippen molar-refractivity contribution in [2.75, 3.05) is 23.8 Å². The molecule has 0 radical (unpaired) electrons. The second kappa shape index (κ2) is 14.1. The van der Waals surface area contributed by atoms with Gasteiger partial charge >= 0.3 is 11.9 Å². The molecule has 182 valence electrons. The number of ether oxygens (including phenoxy) is 2. The van der Waals surface area contributed by atoms with Crippen LogP contribution in [0.2, 0.25) is 0 Å². The molecule has 0 bridgehead atoms. The number of hydrogen-bond acceptors (Lipinski definition) is 6. The molecule has 2 aromatic carbocycles. The van der Waals surface area contributed by atoms with Crippen LogP contribution in [0.3, 0.4) is 0 Å². The molecule has 0 fully saturated rings. The highest BCUT2D eigenvalue weighted by Gasteiger charge is 2.12. The van der Waals surface area contributed by atoms with Crippen molar-refractivity contribution in [1.29, 1.82) is 0 Å². The standard InChI is InChI=1S/C25H29BrN2O6/c1-3-4-5-14-33-25(32)18-6-8-19(9-7-18)27-22(29)12-13-24(31)34-16-23(30)28-20-10-11-21(26)17(2)15-20/h6-11,15H,3-5,12-14,16H2,1-2H3,(H,27,29)(H,28,30). The number of rotatable bonds is 12. The minimum Gasteiger partial charge on any atom is -0.462 e. The molecule has 2 rings (SSSR count). The van der Waals surface area contributed by atoms with Crippen LogP contribution in [0, 0.1) is 6.92 Å². The molecule has 9 heteroatoms. The second-order valence-electron chi connectivity index (χ2n) is 7.64. The van der Waals surface area contributed by atoms with E-state index in [0.29, 0.717) is 23.5 Å². The summed E-state index contributed by atoms with van der Waals surface area (Å²) < 4.78 is 11.0. The van der Waals surface area contributed by atoms with Crippen molar-refractivity contribution < 1.29 is 28.7 Å². The summed E-state index contributed by atoms with van der Waals surface area (Å²) in [7, 11) is 0. The molecule has 0 aromatic heterocycles. The number of halogens is 1. The third-order valence-electron chi connectivity index (χ3n) is 4.75. The van der Waals surface area contributed by atoms with Crippen molar-refractivity contribution in [3.05, 3.63) is 58.1 Å². The van der Waals surface area contributed by atoms with Gasteiger partial charge in [0.05, 0.1) is 18.6 Å². The van der Waals surface area contributed by atoms with E-state index in [1.807, 2.05) is 13.0 Å². The predicted molar refractivity (Wildman–Crippen MR) is 133 cm³/mol. The fourth-order valence-corrected chi connectivity index (χ4v) is 3.11. The van der Waals surface area contributed by atoms with Crippen LogP contribution >= 0.6 is 15.9 Å². The zero-order valence-electron chi connectivity index (χ0n) is 19.3. The molecule has 8 nitrogen and oxygen atoms in total. The molecule has 34 heavy (non-hydrogen) atoms.